The third-order valence-electron chi connectivity index (χ3n) is 4.58. The number of aryl methyl sites for hydroxylation is 1. The van der Waals surface area contributed by atoms with Crippen LogP contribution in [-0.4, -0.2) is 50.2 Å². The Labute approximate surface area is 149 Å². The normalized spacial score (nSPS) is 15.0. The third kappa shape index (κ3) is 6.74. The van der Waals surface area contributed by atoms with E-state index in [0.717, 1.165) is 43.6 Å². The Morgan fingerprint density at radius 3 is 2.72 bits per heavy atom. The van der Waals surface area contributed by atoms with Gasteiger partial charge in [-0.05, 0) is 49.8 Å². The van der Waals surface area contributed by atoms with Crippen LogP contribution in [0.15, 0.2) is 24.3 Å². The Kier molecular flexibility index (Phi) is 7.73. The zero-order chi connectivity index (χ0) is 18.1. The van der Waals surface area contributed by atoms with E-state index in [4.69, 9.17) is 4.74 Å². The lowest BCUT2D eigenvalue weighted by molar-refractivity contribution is -0.122. The molecule has 0 bridgehead atoms. The molecule has 0 atom stereocenters. The number of nitrogens with zero attached hydrogens (tertiary/aromatic N) is 1. The summed E-state index contributed by atoms with van der Waals surface area (Å²) >= 11 is 0. The van der Waals surface area contributed by atoms with Gasteiger partial charge in [0.05, 0.1) is 6.61 Å². The van der Waals surface area contributed by atoms with Crippen molar-refractivity contribution >= 4 is 17.6 Å². The first-order valence-electron chi connectivity index (χ1n) is 8.96. The van der Waals surface area contributed by atoms with E-state index in [9.17, 15) is 9.59 Å². The van der Waals surface area contributed by atoms with E-state index in [0.29, 0.717) is 25.5 Å². The minimum absolute atomic E-state index is 0.0306. The average molecular weight is 347 g/mol. The van der Waals surface area contributed by atoms with Crippen LogP contribution in [-0.2, 0) is 9.53 Å². The molecule has 0 saturated carbocycles. The maximum Gasteiger partial charge on any atom is 0.321 e. The Morgan fingerprint density at radius 2 is 2.04 bits per heavy atom. The van der Waals surface area contributed by atoms with Gasteiger partial charge in [-0.15, -0.1) is 0 Å². The number of ether oxygens (including phenoxy) is 1. The topological polar surface area (TPSA) is 70.7 Å². The second kappa shape index (κ2) is 10.0. The van der Waals surface area contributed by atoms with Crippen LogP contribution in [0, 0.1) is 12.8 Å². The highest BCUT2D eigenvalue weighted by molar-refractivity contribution is 5.89. The van der Waals surface area contributed by atoms with E-state index in [1.807, 2.05) is 36.1 Å². The molecule has 1 fully saturated rings. The van der Waals surface area contributed by atoms with E-state index in [-0.39, 0.29) is 11.9 Å². The predicted octanol–water partition coefficient (Wildman–Crippen LogP) is 2.78. The molecule has 2 rings (SSSR count). The number of carbonyl (C=O) groups is 2. The second-order valence-corrected chi connectivity index (χ2v) is 6.61. The summed E-state index contributed by atoms with van der Waals surface area (Å²) in [4.78, 5) is 25.7. The lowest BCUT2D eigenvalue weighted by Gasteiger charge is -2.32. The summed E-state index contributed by atoms with van der Waals surface area (Å²) in [7, 11) is 1.59. The van der Waals surface area contributed by atoms with E-state index in [1.165, 1.54) is 0 Å². The molecule has 0 unspecified atom stereocenters. The van der Waals surface area contributed by atoms with Crippen molar-refractivity contribution in [1.29, 1.82) is 0 Å². The van der Waals surface area contributed by atoms with Gasteiger partial charge in [0.15, 0.2) is 0 Å². The highest BCUT2D eigenvalue weighted by Crippen LogP contribution is 2.21. The summed E-state index contributed by atoms with van der Waals surface area (Å²) in [5.74, 6) is 0.600. The van der Waals surface area contributed by atoms with Crippen molar-refractivity contribution in [3.05, 3.63) is 29.8 Å². The van der Waals surface area contributed by atoms with Gasteiger partial charge in [-0.2, -0.15) is 0 Å². The fourth-order valence-electron chi connectivity index (χ4n) is 3.05. The van der Waals surface area contributed by atoms with E-state index < -0.39 is 0 Å². The highest BCUT2D eigenvalue weighted by Gasteiger charge is 2.22. The van der Waals surface area contributed by atoms with E-state index >= 15 is 0 Å². The van der Waals surface area contributed by atoms with Crippen molar-refractivity contribution in [2.24, 2.45) is 5.92 Å². The summed E-state index contributed by atoms with van der Waals surface area (Å²) < 4.78 is 4.89. The van der Waals surface area contributed by atoms with Gasteiger partial charge in [0, 0.05) is 38.9 Å². The van der Waals surface area contributed by atoms with Gasteiger partial charge in [-0.3, -0.25) is 4.79 Å². The molecule has 1 aliphatic rings. The van der Waals surface area contributed by atoms with Crippen LogP contribution in [0.1, 0.15) is 31.2 Å². The van der Waals surface area contributed by atoms with Crippen molar-refractivity contribution in [3.8, 4) is 0 Å². The molecular formula is C19H29N3O3. The minimum atomic E-state index is -0.0306. The molecule has 0 radical (unpaired) electrons. The first-order valence-corrected chi connectivity index (χ1v) is 8.96. The first kappa shape index (κ1) is 19.2. The molecule has 1 saturated heterocycles. The molecule has 6 heteroatoms. The number of piperidine rings is 1. The molecular weight excluding hydrogens is 318 g/mol. The predicted molar refractivity (Wildman–Crippen MR) is 98.6 cm³/mol. The Bertz CT molecular complexity index is 569. The van der Waals surface area contributed by atoms with Crippen molar-refractivity contribution < 1.29 is 14.3 Å². The number of rotatable bonds is 7. The molecule has 0 spiro atoms. The number of urea groups is 1. The summed E-state index contributed by atoms with van der Waals surface area (Å²) in [5.41, 5.74) is 1.97. The zero-order valence-corrected chi connectivity index (χ0v) is 15.2. The lowest BCUT2D eigenvalue weighted by Crippen LogP contribution is -2.41. The van der Waals surface area contributed by atoms with Crippen molar-refractivity contribution in [2.75, 3.05) is 38.7 Å². The first-order chi connectivity index (χ1) is 12.1. The molecule has 25 heavy (non-hydrogen) atoms. The van der Waals surface area contributed by atoms with Crippen LogP contribution in [0.25, 0.3) is 0 Å². The molecule has 1 heterocycles. The number of likely N-dealkylation sites (tertiary alicyclic amines) is 1. The van der Waals surface area contributed by atoms with Gasteiger partial charge >= 0.3 is 6.03 Å². The molecule has 3 amide bonds. The van der Waals surface area contributed by atoms with Crippen LogP contribution in [0.3, 0.4) is 0 Å². The van der Waals surface area contributed by atoms with Crippen molar-refractivity contribution in [2.45, 2.75) is 32.6 Å². The Balaban J connectivity index is 1.65. The van der Waals surface area contributed by atoms with Crippen LogP contribution >= 0.6 is 0 Å². The number of hydrogen-bond acceptors (Lipinski definition) is 3. The molecule has 2 N–H and O–H groups in total. The number of hydrogen-bond donors (Lipinski definition) is 2. The van der Waals surface area contributed by atoms with Crippen LogP contribution in [0.5, 0.6) is 0 Å². The van der Waals surface area contributed by atoms with Crippen molar-refractivity contribution in [1.82, 2.24) is 10.2 Å². The number of amides is 3. The second-order valence-electron chi connectivity index (χ2n) is 6.61. The fraction of sp³-hybridized carbons (Fsp3) is 0.579. The van der Waals surface area contributed by atoms with Crippen LogP contribution in [0.4, 0.5) is 10.5 Å². The summed E-state index contributed by atoms with van der Waals surface area (Å²) in [5, 5.41) is 5.89. The lowest BCUT2D eigenvalue weighted by atomic mass is 9.93. The maximum absolute atomic E-state index is 12.3. The Morgan fingerprint density at radius 1 is 1.28 bits per heavy atom. The monoisotopic (exact) mass is 347 g/mol. The molecule has 0 aliphatic carbocycles. The smallest absolute Gasteiger partial charge is 0.321 e. The number of carbonyl (C=O) groups excluding carboxylic acids is 2. The fourth-order valence-corrected chi connectivity index (χ4v) is 3.05. The molecule has 1 aromatic carbocycles. The summed E-state index contributed by atoms with van der Waals surface area (Å²) in [6.07, 6.45) is 3.34. The number of anilines is 1. The Hall–Kier alpha value is -2.08. The van der Waals surface area contributed by atoms with Gasteiger partial charge in [0.25, 0.3) is 0 Å². The number of benzene rings is 1. The van der Waals surface area contributed by atoms with Gasteiger partial charge in [-0.25, -0.2) is 4.79 Å². The van der Waals surface area contributed by atoms with E-state index in [1.54, 1.807) is 7.11 Å². The van der Waals surface area contributed by atoms with Gasteiger partial charge in [0.1, 0.15) is 0 Å². The number of nitrogens with one attached hydrogen (secondary N) is 2. The van der Waals surface area contributed by atoms with Gasteiger partial charge < -0.3 is 20.3 Å². The highest BCUT2D eigenvalue weighted by atomic mass is 16.5. The quantitative estimate of drug-likeness (QED) is 0.797. The average Bonchev–Trinajstić information content (AvgIpc) is 2.60. The summed E-state index contributed by atoms with van der Waals surface area (Å²) in [6.45, 7) is 4.69. The minimum Gasteiger partial charge on any atom is -0.384 e. The molecule has 1 aromatic rings. The summed E-state index contributed by atoms with van der Waals surface area (Å²) in [6, 6.07) is 7.80. The largest absolute Gasteiger partial charge is 0.384 e. The van der Waals surface area contributed by atoms with Crippen molar-refractivity contribution in [3.63, 3.8) is 0 Å². The van der Waals surface area contributed by atoms with Crippen LogP contribution < -0.4 is 10.6 Å². The maximum atomic E-state index is 12.3. The standard InChI is InChI=1S/C19H29N3O3/c1-15-4-3-5-17(14-15)21-19(24)22-11-7-16(8-12-22)6-10-20-18(23)9-13-25-2/h3-5,14,16H,6-13H2,1-2H3,(H,20,23)(H,21,24). The SMILES string of the molecule is COCCC(=O)NCCC1CCN(C(=O)Nc2cccc(C)c2)CC1. The molecule has 1 aliphatic heterocycles. The zero-order valence-electron chi connectivity index (χ0n) is 15.2. The molecule has 6 nitrogen and oxygen atoms in total. The van der Waals surface area contributed by atoms with E-state index in [2.05, 4.69) is 10.6 Å². The van der Waals surface area contributed by atoms with Gasteiger partial charge in [-0.1, -0.05) is 12.1 Å². The van der Waals surface area contributed by atoms with Gasteiger partial charge in [0.2, 0.25) is 5.91 Å². The molecule has 0 aromatic heterocycles. The van der Waals surface area contributed by atoms with Crippen LogP contribution in [0.2, 0.25) is 0 Å². The number of methoxy groups -OCH3 is 1. The molecule has 138 valence electrons. The third-order valence-corrected chi connectivity index (χ3v) is 4.58.